The molecule has 6 heteroatoms. The number of primary amides is 1. The largest absolute Gasteiger partial charge is 0.366 e. The Morgan fingerprint density at radius 2 is 1.96 bits per heavy atom. The minimum atomic E-state index is -0.424. The fourth-order valence-corrected chi connectivity index (χ4v) is 3.35. The van der Waals surface area contributed by atoms with Crippen LogP contribution in [0, 0.1) is 0 Å². The molecule has 0 aliphatic heterocycles. The highest BCUT2D eigenvalue weighted by atomic mass is 16.2. The summed E-state index contributed by atoms with van der Waals surface area (Å²) in [5, 5.41) is 5.56. The lowest BCUT2D eigenvalue weighted by atomic mass is 9.90. The van der Waals surface area contributed by atoms with Gasteiger partial charge in [0.25, 0.3) is 0 Å². The zero-order valence-corrected chi connectivity index (χ0v) is 13.5. The Morgan fingerprint density at radius 3 is 2.57 bits per heavy atom. The average molecular weight is 314 g/mol. The first kappa shape index (κ1) is 15.5. The fourth-order valence-electron chi connectivity index (χ4n) is 3.35. The lowest BCUT2D eigenvalue weighted by Crippen LogP contribution is -2.38. The highest BCUT2D eigenvalue weighted by Gasteiger charge is 2.26. The van der Waals surface area contributed by atoms with E-state index in [1.165, 1.54) is 0 Å². The number of nitrogens with two attached hydrogens (primary N) is 1. The molecule has 0 radical (unpaired) electrons. The molecule has 2 N–H and O–H groups in total. The minimum absolute atomic E-state index is 0.122. The van der Waals surface area contributed by atoms with Crippen LogP contribution < -0.4 is 5.73 Å². The van der Waals surface area contributed by atoms with Gasteiger partial charge in [0.05, 0.1) is 11.6 Å². The van der Waals surface area contributed by atoms with E-state index in [0.29, 0.717) is 17.6 Å². The van der Waals surface area contributed by atoms with Gasteiger partial charge in [-0.3, -0.25) is 14.3 Å². The third kappa shape index (κ3) is 3.06. The van der Waals surface area contributed by atoms with Crippen LogP contribution in [0.3, 0.4) is 0 Å². The van der Waals surface area contributed by atoms with Gasteiger partial charge >= 0.3 is 0 Å². The highest BCUT2D eigenvalue weighted by molar-refractivity contribution is 5.96. The van der Waals surface area contributed by atoms with Crippen LogP contribution >= 0.6 is 0 Å². The number of rotatable bonds is 3. The second-order valence-electron chi connectivity index (χ2n) is 6.34. The van der Waals surface area contributed by atoms with Gasteiger partial charge < -0.3 is 10.6 Å². The Kier molecular flexibility index (Phi) is 4.07. The van der Waals surface area contributed by atoms with Crippen molar-refractivity contribution in [3.63, 3.8) is 0 Å². The van der Waals surface area contributed by atoms with Crippen LogP contribution in [0.1, 0.15) is 49.0 Å². The maximum Gasteiger partial charge on any atom is 0.248 e. The Labute approximate surface area is 135 Å². The van der Waals surface area contributed by atoms with E-state index in [1.54, 1.807) is 19.1 Å². The number of nitrogens with zero attached hydrogens (tertiary/aromatic N) is 3. The number of hydrogen-bond donors (Lipinski definition) is 1. The van der Waals surface area contributed by atoms with Crippen LogP contribution in [0.2, 0.25) is 0 Å². The predicted molar refractivity (Wildman–Crippen MR) is 88.0 cm³/mol. The van der Waals surface area contributed by atoms with Crippen molar-refractivity contribution >= 4 is 22.7 Å². The minimum Gasteiger partial charge on any atom is -0.366 e. The van der Waals surface area contributed by atoms with Crippen LogP contribution in [-0.2, 0) is 4.79 Å². The van der Waals surface area contributed by atoms with Gasteiger partial charge in [-0.2, -0.15) is 5.10 Å². The average Bonchev–Trinajstić information content (AvgIpc) is 2.97. The van der Waals surface area contributed by atoms with Gasteiger partial charge in [-0.25, -0.2) is 0 Å². The van der Waals surface area contributed by atoms with E-state index < -0.39 is 5.91 Å². The summed E-state index contributed by atoms with van der Waals surface area (Å²) in [6.07, 6.45) is 5.96. The Bertz CT molecular complexity index is 744. The molecule has 2 aromatic rings. The molecule has 0 bridgehead atoms. The van der Waals surface area contributed by atoms with E-state index in [1.807, 2.05) is 28.9 Å². The molecule has 3 rings (SSSR count). The first-order valence-corrected chi connectivity index (χ1v) is 7.98. The number of fused-ring (bicyclic) bond motifs is 1. The summed E-state index contributed by atoms with van der Waals surface area (Å²) >= 11 is 0. The van der Waals surface area contributed by atoms with E-state index in [2.05, 4.69) is 5.10 Å². The van der Waals surface area contributed by atoms with Crippen LogP contribution in [-0.4, -0.2) is 39.6 Å². The van der Waals surface area contributed by atoms with Gasteiger partial charge in [-0.15, -0.1) is 0 Å². The lowest BCUT2D eigenvalue weighted by molar-refractivity contribution is -0.130. The van der Waals surface area contributed by atoms with Crippen molar-refractivity contribution in [1.29, 1.82) is 0 Å². The molecule has 2 amide bonds. The molecular formula is C17H22N4O2. The molecule has 1 fully saturated rings. The molecule has 6 nitrogen and oxygen atoms in total. The Hall–Kier alpha value is -2.37. The van der Waals surface area contributed by atoms with Crippen LogP contribution in [0.15, 0.2) is 24.4 Å². The summed E-state index contributed by atoms with van der Waals surface area (Å²) in [6, 6.07) is 6.00. The summed E-state index contributed by atoms with van der Waals surface area (Å²) in [7, 11) is 1.88. The fraction of sp³-hybridized carbons (Fsp3) is 0.471. The summed E-state index contributed by atoms with van der Waals surface area (Å²) < 4.78 is 2.00. The van der Waals surface area contributed by atoms with Gasteiger partial charge in [-0.05, 0) is 43.9 Å². The number of benzene rings is 1. The van der Waals surface area contributed by atoms with Crippen LogP contribution in [0.4, 0.5) is 0 Å². The number of hydrogen-bond acceptors (Lipinski definition) is 3. The monoisotopic (exact) mass is 314 g/mol. The second kappa shape index (κ2) is 6.02. The molecule has 0 unspecified atom stereocenters. The zero-order valence-electron chi connectivity index (χ0n) is 13.5. The van der Waals surface area contributed by atoms with Gasteiger partial charge in [0.2, 0.25) is 11.8 Å². The highest BCUT2D eigenvalue weighted by Crippen LogP contribution is 2.31. The molecule has 122 valence electrons. The number of aromatic nitrogens is 2. The van der Waals surface area contributed by atoms with E-state index in [4.69, 9.17) is 5.73 Å². The van der Waals surface area contributed by atoms with Crippen molar-refractivity contribution in [3.05, 3.63) is 30.0 Å². The molecule has 1 aliphatic carbocycles. The van der Waals surface area contributed by atoms with Gasteiger partial charge in [0.1, 0.15) is 0 Å². The maximum atomic E-state index is 11.5. The van der Waals surface area contributed by atoms with Gasteiger partial charge in [-0.1, -0.05) is 0 Å². The molecule has 0 saturated heterocycles. The summed E-state index contributed by atoms with van der Waals surface area (Å²) in [6.45, 7) is 1.61. The standard InChI is InChI=1S/C17H22N4O2/c1-11(22)20(2)14-4-6-15(7-5-14)21-10-13-9-12(17(18)23)3-8-16(13)19-21/h3,8-10,14-15H,4-7H2,1-2H3,(H2,18,23). The van der Waals surface area contributed by atoms with Crippen molar-refractivity contribution in [2.45, 2.75) is 44.7 Å². The molecule has 1 saturated carbocycles. The van der Waals surface area contributed by atoms with E-state index in [9.17, 15) is 9.59 Å². The van der Waals surface area contributed by atoms with Crippen molar-refractivity contribution in [2.24, 2.45) is 5.73 Å². The number of carbonyl (C=O) groups excluding carboxylic acids is 2. The zero-order chi connectivity index (χ0) is 16.6. The molecule has 1 aliphatic rings. The molecule has 1 aromatic carbocycles. The predicted octanol–water partition coefficient (Wildman–Crippen LogP) is 2.10. The van der Waals surface area contributed by atoms with E-state index in [0.717, 1.165) is 36.6 Å². The molecular weight excluding hydrogens is 292 g/mol. The molecule has 0 spiro atoms. The third-order valence-corrected chi connectivity index (χ3v) is 4.89. The Morgan fingerprint density at radius 1 is 1.26 bits per heavy atom. The van der Waals surface area contributed by atoms with Gasteiger partial charge in [0.15, 0.2) is 0 Å². The van der Waals surface area contributed by atoms with Crippen molar-refractivity contribution in [3.8, 4) is 0 Å². The van der Waals surface area contributed by atoms with E-state index >= 15 is 0 Å². The van der Waals surface area contributed by atoms with Crippen LogP contribution in [0.5, 0.6) is 0 Å². The van der Waals surface area contributed by atoms with Crippen molar-refractivity contribution < 1.29 is 9.59 Å². The SMILES string of the molecule is CC(=O)N(C)C1CCC(n2cc3cc(C(N)=O)ccc3n2)CC1. The molecule has 0 atom stereocenters. The number of amides is 2. The van der Waals surface area contributed by atoms with Crippen molar-refractivity contribution in [1.82, 2.24) is 14.7 Å². The van der Waals surface area contributed by atoms with Crippen LogP contribution in [0.25, 0.3) is 10.9 Å². The smallest absolute Gasteiger partial charge is 0.248 e. The van der Waals surface area contributed by atoms with E-state index in [-0.39, 0.29) is 5.91 Å². The quantitative estimate of drug-likeness (QED) is 0.942. The normalized spacial score (nSPS) is 21.3. The molecule has 1 heterocycles. The maximum absolute atomic E-state index is 11.5. The first-order valence-electron chi connectivity index (χ1n) is 7.98. The summed E-state index contributed by atoms with van der Waals surface area (Å²) in [4.78, 5) is 24.6. The van der Waals surface area contributed by atoms with Gasteiger partial charge in [0, 0.05) is 37.2 Å². The first-order chi connectivity index (χ1) is 11.0. The Balaban J connectivity index is 1.74. The molecule has 1 aromatic heterocycles. The van der Waals surface area contributed by atoms with Crippen molar-refractivity contribution in [2.75, 3.05) is 7.05 Å². The lowest BCUT2D eigenvalue weighted by Gasteiger charge is -2.34. The third-order valence-electron chi connectivity index (χ3n) is 4.89. The summed E-state index contributed by atoms with van der Waals surface area (Å²) in [5.41, 5.74) is 6.70. The second-order valence-corrected chi connectivity index (χ2v) is 6.34. The topological polar surface area (TPSA) is 81.2 Å². The molecule has 23 heavy (non-hydrogen) atoms. The summed E-state index contributed by atoms with van der Waals surface area (Å²) in [5.74, 6) is -0.301. The number of carbonyl (C=O) groups is 2.